The van der Waals surface area contributed by atoms with Gasteiger partial charge in [0.1, 0.15) is 11.4 Å². The number of nitrogens with one attached hydrogen (secondary N) is 1. The van der Waals surface area contributed by atoms with E-state index in [0.29, 0.717) is 13.1 Å². The van der Waals surface area contributed by atoms with Gasteiger partial charge in [0.2, 0.25) is 5.91 Å². The quantitative estimate of drug-likeness (QED) is 0.343. The minimum Gasteiger partial charge on any atom is -0.488 e. The van der Waals surface area contributed by atoms with Crippen molar-refractivity contribution >= 4 is 35.8 Å². The van der Waals surface area contributed by atoms with E-state index in [4.69, 9.17) is 4.74 Å². The summed E-state index contributed by atoms with van der Waals surface area (Å²) in [7, 11) is 1.83. The number of piperidine rings is 1. The molecule has 0 bridgehead atoms. The molecule has 7 nitrogen and oxygen atoms in total. The van der Waals surface area contributed by atoms with Gasteiger partial charge in [-0.15, -0.1) is 24.0 Å². The first-order valence-corrected chi connectivity index (χ1v) is 11.6. The second-order valence-electron chi connectivity index (χ2n) is 9.43. The predicted molar refractivity (Wildman–Crippen MR) is 141 cm³/mol. The van der Waals surface area contributed by atoms with E-state index in [2.05, 4.69) is 46.9 Å². The fourth-order valence-electron chi connectivity index (χ4n) is 4.14. The van der Waals surface area contributed by atoms with Gasteiger partial charge in [0.05, 0.1) is 6.54 Å². The highest BCUT2D eigenvalue weighted by Gasteiger charge is 2.24. The molecule has 8 heteroatoms. The molecule has 0 saturated carbocycles. The van der Waals surface area contributed by atoms with Crippen molar-refractivity contribution in [3.63, 3.8) is 0 Å². The van der Waals surface area contributed by atoms with E-state index in [-0.39, 0.29) is 35.5 Å². The maximum absolute atomic E-state index is 12.6. The first-order chi connectivity index (χ1) is 14.9. The molecule has 32 heavy (non-hydrogen) atoms. The third-order valence-electron chi connectivity index (χ3n) is 5.78. The molecule has 2 aliphatic heterocycles. The number of para-hydroxylation sites is 1. The highest BCUT2D eigenvalue weighted by atomic mass is 127. The number of nitrogens with zero attached hydrogens (tertiary/aromatic N) is 4. The lowest BCUT2D eigenvalue weighted by Gasteiger charge is -2.37. The number of piperazine rings is 1. The molecule has 0 spiro atoms. The van der Waals surface area contributed by atoms with Gasteiger partial charge in [-0.05, 0) is 46.1 Å². The highest BCUT2D eigenvalue weighted by Crippen LogP contribution is 2.23. The number of hydrogen-bond acceptors (Lipinski definition) is 4. The zero-order chi connectivity index (χ0) is 22.3. The first kappa shape index (κ1) is 26.7. The van der Waals surface area contributed by atoms with Gasteiger partial charge in [-0.2, -0.15) is 0 Å². The van der Waals surface area contributed by atoms with Gasteiger partial charge in [-0.3, -0.25) is 14.7 Å². The van der Waals surface area contributed by atoms with Crippen molar-refractivity contribution in [2.75, 3.05) is 52.9 Å². The molecule has 2 saturated heterocycles. The molecule has 1 amide bonds. The van der Waals surface area contributed by atoms with Crippen molar-refractivity contribution in [2.45, 2.75) is 52.2 Å². The summed E-state index contributed by atoms with van der Waals surface area (Å²) in [6.07, 6.45) is 3.54. The first-order valence-electron chi connectivity index (χ1n) is 11.6. The molecule has 0 atom stereocenters. The van der Waals surface area contributed by atoms with Crippen LogP contribution in [0.15, 0.2) is 29.3 Å². The zero-order valence-corrected chi connectivity index (χ0v) is 22.4. The Hall–Kier alpha value is -1.55. The zero-order valence-electron chi connectivity index (χ0n) is 20.1. The maximum Gasteiger partial charge on any atom is 0.236 e. The van der Waals surface area contributed by atoms with Crippen LogP contribution in [0.25, 0.3) is 0 Å². The molecule has 0 aliphatic carbocycles. The Balaban J connectivity index is 0.00000363. The summed E-state index contributed by atoms with van der Waals surface area (Å²) < 4.78 is 6.11. The smallest absolute Gasteiger partial charge is 0.236 e. The SMILES string of the molecule is CN=C(NCc1ccccc1OC(C)(C)C)N1CCN(CC(=O)N2CCCCC2)CC1.I. The Morgan fingerprint density at radius 3 is 2.28 bits per heavy atom. The lowest BCUT2D eigenvalue weighted by molar-refractivity contribution is -0.133. The van der Waals surface area contributed by atoms with Gasteiger partial charge < -0.3 is 19.9 Å². The summed E-state index contributed by atoms with van der Waals surface area (Å²) in [5, 5.41) is 3.49. The number of carbonyl (C=O) groups excluding carboxylic acids is 1. The van der Waals surface area contributed by atoms with Gasteiger partial charge in [-0.1, -0.05) is 18.2 Å². The molecule has 2 fully saturated rings. The molecule has 0 aromatic heterocycles. The van der Waals surface area contributed by atoms with E-state index in [0.717, 1.165) is 69.4 Å². The number of aliphatic imine (C=N–C) groups is 1. The van der Waals surface area contributed by atoms with E-state index < -0.39 is 0 Å². The Labute approximate surface area is 210 Å². The fraction of sp³-hybridized carbons (Fsp3) is 0.667. The fourth-order valence-corrected chi connectivity index (χ4v) is 4.14. The predicted octanol–water partition coefficient (Wildman–Crippen LogP) is 3.19. The average Bonchev–Trinajstić information content (AvgIpc) is 2.76. The molecule has 3 rings (SSSR count). The van der Waals surface area contributed by atoms with E-state index >= 15 is 0 Å². The monoisotopic (exact) mass is 557 g/mol. The number of amides is 1. The number of rotatable bonds is 5. The number of halogens is 1. The van der Waals surface area contributed by atoms with E-state index in [1.165, 1.54) is 6.42 Å². The van der Waals surface area contributed by atoms with Crippen LogP contribution in [-0.4, -0.2) is 85.0 Å². The van der Waals surface area contributed by atoms with Crippen LogP contribution >= 0.6 is 24.0 Å². The van der Waals surface area contributed by atoms with Crippen molar-refractivity contribution < 1.29 is 9.53 Å². The van der Waals surface area contributed by atoms with Crippen LogP contribution in [0.5, 0.6) is 5.75 Å². The molecule has 1 N–H and O–H groups in total. The third-order valence-corrected chi connectivity index (χ3v) is 5.78. The second-order valence-corrected chi connectivity index (χ2v) is 9.43. The van der Waals surface area contributed by atoms with Crippen LogP contribution < -0.4 is 10.1 Å². The maximum atomic E-state index is 12.6. The molecular formula is C24H40IN5O2. The summed E-state index contributed by atoms with van der Waals surface area (Å²) in [4.78, 5) is 23.6. The van der Waals surface area contributed by atoms with Crippen LogP contribution in [-0.2, 0) is 11.3 Å². The Morgan fingerprint density at radius 1 is 1.00 bits per heavy atom. The number of guanidine groups is 1. The van der Waals surface area contributed by atoms with Crippen molar-refractivity contribution in [3.05, 3.63) is 29.8 Å². The molecule has 1 aromatic carbocycles. The van der Waals surface area contributed by atoms with E-state index in [1.54, 1.807) is 0 Å². The molecule has 2 heterocycles. The number of carbonyl (C=O) groups is 1. The Bertz CT molecular complexity index is 751. The summed E-state index contributed by atoms with van der Waals surface area (Å²) in [5.74, 6) is 2.08. The van der Waals surface area contributed by atoms with Crippen LogP contribution in [0.4, 0.5) is 0 Å². The molecular weight excluding hydrogens is 517 g/mol. The van der Waals surface area contributed by atoms with E-state index in [9.17, 15) is 4.79 Å². The number of ether oxygens (including phenoxy) is 1. The van der Waals surface area contributed by atoms with Gasteiger partial charge >= 0.3 is 0 Å². The van der Waals surface area contributed by atoms with Gasteiger partial charge in [0.15, 0.2) is 5.96 Å². The normalized spacial score (nSPS) is 18.2. The lowest BCUT2D eigenvalue weighted by atomic mass is 10.1. The van der Waals surface area contributed by atoms with Gasteiger partial charge in [0, 0.05) is 58.4 Å². The number of hydrogen-bond donors (Lipinski definition) is 1. The summed E-state index contributed by atoms with van der Waals surface area (Å²) in [5.41, 5.74) is 0.879. The van der Waals surface area contributed by atoms with Crippen molar-refractivity contribution in [2.24, 2.45) is 4.99 Å². The third kappa shape index (κ3) is 8.10. The number of likely N-dealkylation sites (tertiary alicyclic amines) is 1. The summed E-state index contributed by atoms with van der Waals surface area (Å²) in [6, 6.07) is 8.14. The van der Waals surface area contributed by atoms with Crippen molar-refractivity contribution in [1.82, 2.24) is 20.0 Å². The van der Waals surface area contributed by atoms with Crippen LogP contribution in [0.3, 0.4) is 0 Å². The second kappa shape index (κ2) is 12.6. The van der Waals surface area contributed by atoms with Crippen LogP contribution in [0, 0.1) is 0 Å². The Morgan fingerprint density at radius 2 is 1.66 bits per heavy atom. The van der Waals surface area contributed by atoms with Crippen LogP contribution in [0.1, 0.15) is 45.6 Å². The Kier molecular flexibility index (Phi) is 10.5. The van der Waals surface area contributed by atoms with Crippen molar-refractivity contribution in [1.29, 1.82) is 0 Å². The minimum atomic E-state index is -0.236. The molecule has 0 unspecified atom stereocenters. The van der Waals surface area contributed by atoms with E-state index in [1.807, 2.05) is 30.1 Å². The van der Waals surface area contributed by atoms with Crippen LogP contribution in [0.2, 0.25) is 0 Å². The molecule has 0 radical (unpaired) electrons. The molecule has 2 aliphatic rings. The molecule has 1 aromatic rings. The average molecular weight is 558 g/mol. The molecule has 180 valence electrons. The lowest BCUT2D eigenvalue weighted by Crippen LogP contribution is -2.54. The topological polar surface area (TPSA) is 60.4 Å². The van der Waals surface area contributed by atoms with Gasteiger partial charge in [0.25, 0.3) is 0 Å². The van der Waals surface area contributed by atoms with Crippen molar-refractivity contribution in [3.8, 4) is 5.75 Å². The summed E-state index contributed by atoms with van der Waals surface area (Å²) in [6.45, 7) is 12.7. The largest absolute Gasteiger partial charge is 0.488 e. The highest BCUT2D eigenvalue weighted by molar-refractivity contribution is 14.0. The summed E-state index contributed by atoms with van der Waals surface area (Å²) >= 11 is 0. The number of benzene rings is 1. The standard InChI is InChI=1S/C24H39N5O2.HI/c1-24(2,3)31-21-11-7-6-10-20(21)18-26-23(25-4)29-16-14-27(15-17-29)19-22(30)28-12-8-5-9-13-28;/h6-7,10-11H,5,8-9,12-19H2,1-4H3,(H,25,26);1H. The van der Waals surface area contributed by atoms with Gasteiger partial charge in [-0.25, -0.2) is 0 Å². The minimum absolute atomic E-state index is 0.